The van der Waals surface area contributed by atoms with Crippen LogP contribution in [-0.2, 0) is 14.3 Å². The average Bonchev–Trinajstić information content (AvgIpc) is 2.42. The van der Waals surface area contributed by atoms with E-state index in [-0.39, 0.29) is 17.8 Å². The topological polar surface area (TPSA) is 75.6 Å². The highest BCUT2D eigenvalue weighted by molar-refractivity contribution is 8.00. The fourth-order valence-corrected chi connectivity index (χ4v) is 4.08. The zero-order valence-corrected chi connectivity index (χ0v) is 14.7. The number of amides is 1. The maximum atomic E-state index is 11.9. The third-order valence-corrected chi connectivity index (χ3v) is 4.92. The van der Waals surface area contributed by atoms with Crippen LogP contribution in [0, 0.1) is 0 Å². The quantitative estimate of drug-likeness (QED) is 0.552. The molecule has 1 amide bonds. The van der Waals surface area contributed by atoms with Crippen molar-refractivity contribution >= 4 is 23.6 Å². The number of nitrogens with one attached hydrogen (secondary N) is 1. The molecule has 1 aliphatic carbocycles. The lowest BCUT2D eigenvalue weighted by Crippen LogP contribution is -2.43. The Morgan fingerprint density at radius 2 is 2.23 bits per heavy atom. The summed E-state index contributed by atoms with van der Waals surface area (Å²) in [4.78, 5) is 23.2. The summed E-state index contributed by atoms with van der Waals surface area (Å²) >= 11 is 1.59. The Labute approximate surface area is 136 Å². The second kappa shape index (κ2) is 8.58. The SMILES string of the molecule is CCOC(=O)[C@H](CS[C@H]1CCCC=C1C(C)(C)O)NC(C)=O. The number of carbonyl (C=O) groups excluding carboxylic acids is 2. The summed E-state index contributed by atoms with van der Waals surface area (Å²) < 4.78 is 5.01. The predicted molar refractivity (Wildman–Crippen MR) is 88.7 cm³/mol. The van der Waals surface area contributed by atoms with Gasteiger partial charge in [0.1, 0.15) is 6.04 Å². The number of ether oxygens (including phenoxy) is 1. The average molecular weight is 329 g/mol. The Hall–Kier alpha value is -1.01. The zero-order chi connectivity index (χ0) is 16.8. The Bertz CT molecular complexity index is 428. The lowest BCUT2D eigenvalue weighted by atomic mass is 9.88. The number of allylic oxidation sites excluding steroid dienone is 1. The Morgan fingerprint density at radius 1 is 1.55 bits per heavy atom. The molecule has 0 saturated heterocycles. The van der Waals surface area contributed by atoms with Gasteiger partial charge in [0, 0.05) is 17.9 Å². The van der Waals surface area contributed by atoms with Gasteiger partial charge in [0.2, 0.25) is 5.91 Å². The standard InChI is InChI=1S/C16H27NO4S/c1-5-21-15(19)13(17-11(2)18)10-22-14-9-7-6-8-12(14)16(3,4)20/h8,13-14,20H,5-7,9-10H2,1-4H3,(H,17,18)/t13-,14-/m0/s1. The van der Waals surface area contributed by atoms with Crippen LogP contribution in [0.4, 0.5) is 0 Å². The molecule has 0 aromatic rings. The molecule has 0 radical (unpaired) electrons. The molecule has 22 heavy (non-hydrogen) atoms. The van der Waals surface area contributed by atoms with Crippen LogP contribution in [-0.4, -0.2) is 46.2 Å². The third-order valence-electron chi connectivity index (χ3n) is 3.50. The normalized spacial score (nSPS) is 20.0. The molecule has 0 aliphatic heterocycles. The summed E-state index contributed by atoms with van der Waals surface area (Å²) in [6.45, 7) is 6.99. The molecule has 2 N–H and O–H groups in total. The first-order valence-corrected chi connectivity index (χ1v) is 8.78. The number of thioether (sulfide) groups is 1. The second-order valence-corrected chi connectivity index (χ2v) is 7.21. The van der Waals surface area contributed by atoms with Gasteiger partial charge in [0.25, 0.3) is 0 Å². The highest BCUT2D eigenvalue weighted by atomic mass is 32.2. The van der Waals surface area contributed by atoms with Gasteiger partial charge >= 0.3 is 5.97 Å². The molecular weight excluding hydrogens is 302 g/mol. The summed E-state index contributed by atoms with van der Waals surface area (Å²) in [5, 5.41) is 13.1. The molecular formula is C16H27NO4S. The van der Waals surface area contributed by atoms with Crippen molar-refractivity contribution in [1.29, 1.82) is 0 Å². The van der Waals surface area contributed by atoms with Gasteiger partial charge < -0.3 is 15.2 Å². The van der Waals surface area contributed by atoms with E-state index in [1.54, 1.807) is 32.5 Å². The van der Waals surface area contributed by atoms with E-state index in [1.165, 1.54) is 6.92 Å². The number of esters is 1. The molecule has 1 rings (SSSR count). The molecule has 5 nitrogen and oxygen atoms in total. The molecule has 0 fully saturated rings. The molecule has 0 unspecified atom stereocenters. The minimum Gasteiger partial charge on any atom is -0.464 e. The molecule has 0 aromatic heterocycles. The molecule has 2 atom stereocenters. The monoisotopic (exact) mass is 329 g/mol. The Morgan fingerprint density at radius 3 is 2.77 bits per heavy atom. The molecule has 0 heterocycles. The summed E-state index contributed by atoms with van der Waals surface area (Å²) in [6, 6.07) is -0.646. The largest absolute Gasteiger partial charge is 0.464 e. The van der Waals surface area contributed by atoms with Crippen LogP contribution in [0.5, 0.6) is 0 Å². The van der Waals surface area contributed by atoms with Gasteiger partial charge in [-0.25, -0.2) is 4.79 Å². The fourth-order valence-electron chi connectivity index (χ4n) is 2.53. The second-order valence-electron chi connectivity index (χ2n) is 5.98. The number of hydrogen-bond acceptors (Lipinski definition) is 5. The van der Waals surface area contributed by atoms with Crippen LogP contribution >= 0.6 is 11.8 Å². The summed E-state index contributed by atoms with van der Waals surface area (Å²) in [7, 11) is 0. The maximum Gasteiger partial charge on any atom is 0.329 e. The molecule has 0 saturated carbocycles. The van der Waals surface area contributed by atoms with E-state index in [4.69, 9.17) is 4.74 Å². The van der Waals surface area contributed by atoms with E-state index in [9.17, 15) is 14.7 Å². The molecule has 0 aromatic carbocycles. The first-order valence-electron chi connectivity index (χ1n) is 7.74. The highest BCUT2D eigenvalue weighted by Crippen LogP contribution is 2.35. The van der Waals surface area contributed by atoms with Crippen molar-refractivity contribution in [3.8, 4) is 0 Å². The molecule has 0 spiro atoms. The van der Waals surface area contributed by atoms with E-state index >= 15 is 0 Å². The maximum absolute atomic E-state index is 11.9. The molecule has 6 heteroatoms. The predicted octanol–water partition coefficient (Wildman–Crippen LogP) is 2.04. The van der Waals surface area contributed by atoms with Gasteiger partial charge in [-0.15, -0.1) is 0 Å². The van der Waals surface area contributed by atoms with Crippen LogP contribution in [0.1, 0.15) is 47.0 Å². The number of rotatable bonds is 7. The smallest absolute Gasteiger partial charge is 0.329 e. The lowest BCUT2D eigenvalue weighted by molar-refractivity contribution is -0.146. The van der Waals surface area contributed by atoms with Gasteiger partial charge in [-0.05, 0) is 45.6 Å². The van der Waals surface area contributed by atoms with Gasteiger partial charge in [-0.1, -0.05) is 6.08 Å². The van der Waals surface area contributed by atoms with Crippen molar-refractivity contribution in [2.45, 2.75) is 63.9 Å². The van der Waals surface area contributed by atoms with Crippen molar-refractivity contribution in [3.05, 3.63) is 11.6 Å². The summed E-state index contributed by atoms with van der Waals surface area (Å²) in [6.07, 6.45) is 5.11. The van der Waals surface area contributed by atoms with Crippen molar-refractivity contribution in [2.24, 2.45) is 0 Å². The number of carbonyl (C=O) groups is 2. The number of hydrogen-bond donors (Lipinski definition) is 2. The minimum absolute atomic E-state index is 0.166. The van der Waals surface area contributed by atoms with Crippen LogP contribution in [0.25, 0.3) is 0 Å². The van der Waals surface area contributed by atoms with Crippen LogP contribution < -0.4 is 5.32 Å². The van der Waals surface area contributed by atoms with Crippen LogP contribution in [0.3, 0.4) is 0 Å². The van der Waals surface area contributed by atoms with Crippen molar-refractivity contribution < 1.29 is 19.4 Å². The molecule has 126 valence electrons. The van der Waals surface area contributed by atoms with E-state index in [0.29, 0.717) is 5.75 Å². The van der Waals surface area contributed by atoms with Crippen LogP contribution in [0.2, 0.25) is 0 Å². The van der Waals surface area contributed by atoms with Gasteiger partial charge in [0.05, 0.1) is 12.2 Å². The fraction of sp³-hybridized carbons (Fsp3) is 0.750. The van der Waals surface area contributed by atoms with Gasteiger partial charge in [-0.3, -0.25) is 4.79 Å². The van der Waals surface area contributed by atoms with E-state index in [2.05, 4.69) is 11.4 Å². The summed E-state index contributed by atoms with van der Waals surface area (Å²) in [5.74, 6) is -0.216. The summed E-state index contributed by atoms with van der Waals surface area (Å²) in [5.41, 5.74) is 0.153. The van der Waals surface area contributed by atoms with Gasteiger partial charge in [-0.2, -0.15) is 11.8 Å². The van der Waals surface area contributed by atoms with E-state index < -0.39 is 17.6 Å². The lowest BCUT2D eigenvalue weighted by Gasteiger charge is -2.32. The first-order chi connectivity index (χ1) is 10.3. The molecule has 0 bridgehead atoms. The first kappa shape index (κ1) is 19.0. The van der Waals surface area contributed by atoms with E-state index in [0.717, 1.165) is 24.8 Å². The zero-order valence-electron chi connectivity index (χ0n) is 13.8. The Kier molecular flexibility index (Phi) is 7.42. The van der Waals surface area contributed by atoms with Crippen molar-refractivity contribution in [2.75, 3.05) is 12.4 Å². The van der Waals surface area contributed by atoms with E-state index in [1.807, 2.05) is 0 Å². The van der Waals surface area contributed by atoms with Gasteiger partial charge in [0.15, 0.2) is 0 Å². The third kappa shape index (κ3) is 6.01. The van der Waals surface area contributed by atoms with Crippen molar-refractivity contribution in [3.63, 3.8) is 0 Å². The minimum atomic E-state index is -0.856. The molecule has 1 aliphatic rings. The highest BCUT2D eigenvalue weighted by Gasteiger charge is 2.31. The Balaban J connectivity index is 2.70. The van der Waals surface area contributed by atoms with Crippen molar-refractivity contribution in [1.82, 2.24) is 5.32 Å². The van der Waals surface area contributed by atoms with Crippen LogP contribution in [0.15, 0.2) is 11.6 Å². The number of aliphatic hydroxyl groups is 1.